The molecule has 2 heterocycles. The maximum Gasteiger partial charge on any atom is 0.180 e. The van der Waals surface area contributed by atoms with Crippen molar-refractivity contribution in [2.24, 2.45) is 0 Å². The van der Waals surface area contributed by atoms with E-state index in [-0.39, 0.29) is 0 Å². The minimum Gasteiger partial charge on any atom is -0.382 e. The standard InChI is InChI=1S/C13H11Cl2N5/c1-7-4-9(15)10(5-8(7)14)18-12-13-17-2-3-20(13)6-11(16)19-12/h2-6H,16H2,1H3,(H,18,19). The highest BCUT2D eigenvalue weighted by Crippen LogP contribution is 2.31. The number of nitrogens with zero attached hydrogens (tertiary/aromatic N) is 3. The van der Waals surface area contributed by atoms with Gasteiger partial charge in [0, 0.05) is 17.4 Å². The summed E-state index contributed by atoms with van der Waals surface area (Å²) in [5.41, 5.74) is 8.00. The van der Waals surface area contributed by atoms with Crippen LogP contribution in [0.3, 0.4) is 0 Å². The third kappa shape index (κ3) is 2.26. The van der Waals surface area contributed by atoms with Gasteiger partial charge in [-0.1, -0.05) is 23.2 Å². The minimum absolute atomic E-state index is 0.382. The number of halogens is 2. The first-order valence-electron chi connectivity index (χ1n) is 5.86. The van der Waals surface area contributed by atoms with Crippen LogP contribution in [0.4, 0.5) is 17.3 Å². The van der Waals surface area contributed by atoms with Crippen molar-refractivity contribution >= 4 is 46.2 Å². The molecule has 0 aliphatic carbocycles. The maximum atomic E-state index is 6.21. The summed E-state index contributed by atoms with van der Waals surface area (Å²) in [5.74, 6) is 0.907. The first-order chi connectivity index (χ1) is 9.54. The van der Waals surface area contributed by atoms with Gasteiger partial charge in [-0.15, -0.1) is 0 Å². The van der Waals surface area contributed by atoms with Crippen molar-refractivity contribution in [1.82, 2.24) is 14.4 Å². The van der Waals surface area contributed by atoms with Crippen molar-refractivity contribution in [1.29, 1.82) is 0 Å². The number of hydrogen-bond acceptors (Lipinski definition) is 4. The van der Waals surface area contributed by atoms with E-state index < -0.39 is 0 Å². The smallest absolute Gasteiger partial charge is 0.180 e. The van der Waals surface area contributed by atoms with E-state index in [9.17, 15) is 0 Å². The fourth-order valence-corrected chi connectivity index (χ4v) is 2.33. The Morgan fingerprint density at radius 2 is 2.05 bits per heavy atom. The van der Waals surface area contributed by atoms with Crippen LogP contribution < -0.4 is 11.1 Å². The number of aromatic nitrogens is 3. The topological polar surface area (TPSA) is 68.2 Å². The molecule has 0 unspecified atom stereocenters. The minimum atomic E-state index is 0.382. The largest absolute Gasteiger partial charge is 0.382 e. The Labute approximate surface area is 125 Å². The van der Waals surface area contributed by atoms with Crippen molar-refractivity contribution in [3.05, 3.63) is 46.3 Å². The van der Waals surface area contributed by atoms with Crippen LogP contribution in [-0.4, -0.2) is 14.4 Å². The van der Waals surface area contributed by atoms with Gasteiger partial charge >= 0.3 is 0 Å². The molecule has 0 aliphatic heterocycles. The molecule has 0 bridgehead atoms. The lowest BCUT2D eigenvalue weighted by molar-refractivity contribution is 1.14. The zero-order valence-electron chi connectivity index (χ0n) is 10.6. The molecule has 0 atom stereocenters. The van der Waals surface area contributed by atoms with Gasteiger partial charge in [0.1, 0.15) is 5.82 Å². The van der Waals surface area contributed by atoms with Crippen molar-refractivity contribution in [2.45, 2.75) is 6.92 Å². The fraction of sp³-hybridized carbons (Fsp3) is 0.0769. The molecule has 2 aromatic heterocycles. The molecule has 3 N–H and O–H groups in total. The Morgan fingerprint density at radius 1 is 1.25 bits per heavy atom. The molecular weight excluding hydrogens is 297 g/mol. The summed E-state index contributed by atoms with van der Waals surface area (Å²) in [6, 6.07) is 3.55. The van der Waals surface area contributed by atoms with E-state index in [0.717, 1.165) is 5.56 Å². The van der Waals surface area contributed by atoms with Crippen molar-refractivity contribution in [2.75, 3.05) is 11.1 Å². The summed E-state index contributed by atoms with van der Waals surface area (Å²) in [6.45, 7) is 1.89. The summed E-state index contributed by atoms with van der Waals surface area (Å²) >= 11 is 12.3. The van der Waals surface area contributed by atoms with E-state index in [4.69, 9.17) is 28.9 Å². The summed E-state index contributed by atoms with van der Waals surface area (Å²) in [7, 11) is 0. The van der Waals surface area contributed by atoms with E-state index in [0.29, 0.717) is 33.0 Å². The molecule has 0 saturated heterocycles. The Bertz CT molecular complexity index is 797. The van der Waals surface area contributed by atoms with E-state index in [2.05, 4.69) is 15.3 Å². The van der Waals surface area contributed by atoms with Crippen LogP contribution in [0, 0.1) is 6.92 Å². The van der Waals surface area contributed by atoms with Gasteiger partial charge in [0.05, 0.1) is 16.9 Å². The quantitative estimate of drug-likeness (QED) is 0.758. The number of aryl methyl sites for hydroxylation is 1. The van der Waals surface area contributed by atoms with Crippen molar-refractivity contribution < 1.29 is 0 Å². The summed E-state index contributed by atoms with van der Waals surface area (Å²) < 4.78 is 1.79. The molecule has 1 aromatic carbocycles. The molecule has 102 valence electrons. The zero-order valence-corrected chi connectivity index (χ0v) is 12.1. The van der Waals surface area contributed by atoms with Crippen molar-refractivity contribution in [3.63, 3.8) is 0 Å². The average molecular weight is 308 g/mol. The van der Waals surface area contributed by atoms with E-state index in [1.165, 1.54) is 0 Å². The second-order valence-electron chi connectivity index (χ2n) is 4.38. The van der Waals surface area contributed by atoms with Crippen LogP contribution in [0.1, 0.15) is 5.56 Å². The molecular formula is C13H11Cl2N5. The van der Waals surface area contributed by atoms with Gasteiger partial charge < -0.3 is 15.5 Å². The summed E-state index contributed by atoms with van der Waals surface area (Å²) in [6.07, 6.45) is 5.16. The number of nitrogens with two attached hydrogens (primary N) is 1. The molecule has 3 rings (SSSR count). The first kappa shape index (κ1) is 13.0. The SMILES string of the molecule is Cc1cc(Cl)c(Nc2nc(N)cn3ccnc23)cc1Cl. The molecule has 0 amide bonds. The van der Waals surface area contributed by atoms with E-state index >= 15 is 0 Å². The molecule has 3 aromatic rings. The normalized spacial score (nSPS) is 10.9. The number of imidazole rings is 1. The lowest BCUT2D eigenvalue weighted by atomic mass is 10.2. The number of nitrogens with one attached hydrogen (secondary N) is 1. The fourth-order valence-electron chi connectivity index (χ4n) is 1.90. The highest BCUT2D eigenvalue weighted by Gasteiger charge is 2.10. The van der Waals surface area contributed by atoms with E-state index in [1.807, 2.05) is 6.92 Å². The number of anilines is 3. The van der Waals surface area contributed by atoms with Crippen LogP contribution in [0.25, 0.3) is 5.65 Å². The zero-order chi connectivity index (χ0) is 14.3. The number of fused-ring (bicyclic) bond motifs is 1. The predicted molar refractivity (Wildman–Crippen MR) is 81.9 cm³/mol. The van der Waals surface area contributed by atoms with E-state index in [1.54, 1.807) is 35.1 Å². The lowest BCUT2D eigenvalue weighted by Gasteiger charge is -2.11. The van der Waals surface area contributed by atoms with Crippen LogP contribution in [0.5, 0.6) is 0 Å². The second kappa shape index (κ2) is 4.85. The van der Waals surface area contributed by atoms with Crippen LogP contribution >= 0.6 is 23.2 Å². The Hall–Kier alpha value is -1.98. The molecule has 0 radical (unpaired) electrons. The van der Waals surface area contributed by atoms with Gasteiger partial charge in [0.2, 0.25) is 0 Å². The summed E-state index contributed by atoms with van der Waals surface area (Å²) in [5, 5.41) is 4.30. The third-order valence-corrected chi connectivity index (χ3v) is 3.61. The highest BCUT2D eigenvalue weighted by atomic mass is 35.5. The predicted octanol–water partition coefficient (Wildman–Crippen LogP) is 3.67. The van der Waals surface area contributed by atoms with Gasteiger partial charge in [-0.05, 0) is 24.6 Å². The Morgan fingerprint density at radius 3 is 2.85 bits per heavy atom. The first-order valence-corrected chi connectivity index (χ1v) is 6.62. The summed E-state index contributed by atoms with van der Waals surface area (Å²) in [4.78, 5) is 8.48. The number of nitrogen functional groups attached to an aromatic ring is 1. The molecule has 20 heavy (non-hydrogen) atoms. The number of hydrogen-bond donors (Lipinski definition) is 2. The van der Waals surface area contributed by atoms with Gasteiger partial charge in [-0.25, -0.2) is 9.97 Å². The second-order valence-corrected chi connectivity index (χ2v) is 5.19. The number of benzene rings is 1. The molecule has 0 spiro atoms. The molecule has 0 saturated carbocycles. The van der Waals surface area contributed by atoms with Gasteiger partial charge in [0.25, 0.3) is 0 Å². The van der Waals surface area contributed by atoms with Gasteiger partial charge in [0.15, 0.2) is 11.5 Å². The maximum absolute atomic E-state index is 6.21. The Balaban J connectivity index is 2.09. The molecule has 0 fully saturated rings. The third-order valence-electron chi connectivity index (χ3n) is 2.89. The lowest BCUT2D eigenvalue weighted by Crippen LogP contribution is -2.02. The average Bonchev–Trinajstić information content (AvgIpc) is 2.84. The van der Waals surface area contributed by atoms with Crippen LogP contribution in [0.15, 0.2) is 30.7 Å². The number of rotatable bonds is 2. The monoisotopic (exact) mass is 307 g/mol. The Kier molecular flexibility index (Phi) is 3.16. The van der Waals surface area contributed by atoms with Gasteiger partial charge in [-0.3, -0.25) is 0 Å². The van der Waals surface area contributed by atoms with Crippen LogP contribution in [-0.2, 0) is 0 Å². The molecule has 5 nitrogen and oxygen atoms in total. The van der Waals surface area contributed by atoms with Gasteiger partial charge in [-0.2, -0.15) is 0 Å². The highest BCUT2D eigenvalue weighted by molar-refractivity contribution is 6.35. The molecule has 0 aliphatic rings. The van der Waals surface area contributed by atoms with Crippen LogP contribution in [0.2, 0.25) is 10.0 Å². The molecule has 7 heteroatoms. The van der Waals surface area contributed by atoms with Crippen molar-refractivity contribution in [3.8, 4) is 0 Å².